The molecule has 1 amide bonds. The van der Waals surface area contributed by atoms with Crippen LogP contribution in [0.25, 0.3) is 0 Å². The molecule has 1 fully saturated rings. The van der Waals surface area contributed by atoms with Gasteiger partial charge < -0.3 is 18.9 Å². The van der Waals surface area contributed by atoms with E-state index < -0.39 is 0 Å². The molecule has 26 heavy (non-hydrogen) atoms. The smallest absolute Gasteiger partial charge is 0.252 e. The molecule has 2 aromatic rings. The fourth-order valence-electron chi connectivity index (χ4n) is 3.02. The molecular formula is C19H25N3O4. The zero-order valence-electron chi connectivity index (χ0n) is 15.3. The van der Waals surface area contributed by atoms with Crippen molar-refractivity contribution in [2.45, 2.75) is 45.8 Å². The second-order valence-electron chi connectivity index (χ2n) is 6.38. The van der Waals surface area contributed by atoms with E-state index in [0.717, 1.165) is 24.2 Å². The average molecular weight is 359 g/mol. The third-order valence-electron chi connectivity index (χ3n) is 4.40. The van der Waals surface area contributed by atoms with Crippen LogP contribution in [-0.4, -0.2) is 46.7 Å². The van der Waals surface area contributed by atoms with Crippen LogP contribution in [0.3, 0.4) is 0 Å². The molecule has 140 valence electrons. The van der Waals surface area contributed by atoms with Crippen LogP contribution in [0.1, 0.15) is 37.0 Å². The Kier molecular flexibility index (Phi) is 6.22. The maximum atomic E-state index is 12.5. The first-order chi connectivity index (χ1) is 12.6. The summed E-state index contributed by atoms with van der Waals surface area (Å²) in [6.45, 7) is 6.12. The van der Waals surface area contributed by atoms with Crippen molar-refractivity contribution in [3.05, 3.63) is 41.5 Å². The molecule has 3 rings (SSSR count). The Morgan fingerprint density at radius 1 is 1.27 bits per heavy atom. The lowest BCUT2D eigenvalue weighted by Crippen LogP contribution is -2.41. The monoisotopic (exact) mass is 359 g/mol. The number of aromatic nitrogens is 2. The quantitative estimate of drug-likeness (QED) is 0.756. The van der Waals surface area contributed by atoms with E-state index in [0.29, 0.717) is 44.4 Å². The first-order valence-electron chi connectivity index (χ1n) is 9.04. The number of carbonyl (C=O) groups excluding carboxylic acids is 1. The maximum Gasteiger partial charge on any atom is 0.252 e. The van der Waals surface area contributed by atoms with Gasteiger partial charge in [0.25, 0.3) is 5.89 Å². The normalized spacial score (nSPS) is 15.2. The molecule has 0 spiro atoms. The highest BCUT2D eigenvalue weighted by molar-refractivity contribution is 5.78. The molecule has 1 saturated heterocycles. The number of carbonyl (C=O) groups is 1. The Balaban J connectivity index is 1.41. The fraction of sp³-hybridized carbons (Fsp3) is 0.526. The zero-order valence-corrected chi connectivity index (χ0v) is 15.3. The molecule has 2 heterocycles. The van der Waals surface area contributed by atoms with Crippen LogP contribution in [-0.2, 0) is 22.6 Å². The molecule has 1 aliphatic heterocycles. The molecule has 0 N–H and O–H groups in total. The van der Waals surface area contributed by atoms with Gasteiger partial charge in [-0.3, -0.25) is 4.79 Å². The largest absolute Gasteiger partial charge is 0.494 e. The van der Waals surface area contributed by atoms with Crippen LogP contribution >= 0.6 is 0 Å². The van der Waals surface area contributed by atoms with E-state index in [-0.39, 0.29) is 12.0 Å². The molecule has 0 radical (unpaired) electrons. The molecule has 0 unspecified atom stereocenters. The summed E-state index contributed by atoms with van der Waals surface area (Å²) in [5.41, 5.74) is 1.00. The van der Waals surface area contributed by atoms with E-state index in [1.54, 1.807) is 6.92 Å². The van der Waals surface area contributed by atoms with Crippen LogP contribution < -0.4 is 4.74 Å². The summed E-state index contributed by atoms with van der Waals surface area (Å²) in [5.74, 6) is 2.09. The number of benzene rings is 1. The molecule has 1 aromatic carbocycles. The summed E-state index contributed by atoms with van der Waals surface area (Å²) in [7, 11) is 0. The minimum absolute atomic E-state index is 0.122. The minimum Gasteiger partial charge on any atom is -0.494 e. The highest BCUT2D eigenvalue weighted by atomic mass is 16.5. The lowest BCUT2D eigenvalue weighted by atomic mass is 10.1. The van der Waals surface area contributed by atoms with Crippen molar-refractivity contribution >= 4 is 5.91 Å². The lowest BCUT2D eigenvalue weighted by Gasteiger charge is -2.31. The number of likely N-dealkylation sites (tertiary alicyclic amines) is 1. The Hall–Kier alpha value is -2.41. The van der Waals surface area contributed by atoms with E-state index in [1.807, 2.05) is 36.1 Å². The zero-order chi connectivity index (χ0) is 18.4. The number of rotatable bonds is 7. The molecule has 7 heteroatoms. The van der Waals surface area contributed by atoms with Gasteiger partial charge >= 0.3 is 0 Å². The number of aryl methyl sites for hydroxylation is 1. The van der Waals surface area contributed by atoms with Gasteiger partial charge in [-0.1, -0.05) is 17.3 Å². The van der Waals surface area contributed by atoms with Crippen molar-refractivity contribution in [1.82, 2.24) is 15.0 Å². The fourth-order valence-corrected chi connectivity index (χ4v) is 3.02. The molecular weight excluding hydrogens is 334 g/mol. The molecule has 1 aromatic heterocycles. The number of piperidine rings is 1. The SMILES string of the molecule is CCOc1ccc(CC(=O)N2CCC(OCc3nc(C)no3)CC2)cc1. The van der Waals surface area contributed by atoms with Crippen LogP contribution in [0.4, 0.5) is 0 Å². The average Bonchev–Trinajstić information content (AvgIpc) is 3.07. The van der Waals surface area contributed by atoms with Gasteiger partial charge in [0.2, 0.25) is 5.91 Å². The van der Waals surface area contributed by atoms with Crippen molar-refractivity contribution in [1.29, 1.82) is 0 Å². The van der Waals surface area contributed by atoms with Gasteiger partial charge in [0.05, 0.1) is 19.1 Å². The second-order valence-corrected chi connectivity index (χ2v) is 6.38. The standard InChI is InChI=1S/C19H25N3O4/c1-3-24-16-6-4-15(5-7-16)12-19(23)22-10-8-17(9-11-22)25-13-18-20-14(2)21-26-18/h4-7,17H,3,8-13H2,1-2H3. The first-order valence-corrected chi connectivity index (χ1v) is 9.04. The van der Waals surface area contributed by atoms with Crippen LogP contribution in [0, 0.1) is 6.92 Å². The predicted octanol–water partition coefficient (Wildman–Crippen LogP) is 2.53. The summed E-state index contributed by atoms with van der Waals surface area (Å²) in [4.78, 5) is 18.5. The van der Waals surface area contributed by atoms with Gasteiger partial charge in [-0.15, -0.1) is 0 Å². The van der Waals surface area contributed by atoms with E-state index >= 15 is 0 Å². The number of hydrogen-bond acceptors (Lipinski definition) is 6. The highest BCUT2D eigenvalue weighted by Gasteiger charge is 2.23. The third-order valence-corrected chi connectivity index (χ3v) is 4.40. The van der Waals surface area contributed by atoms with E-state index in [2.05, 4.69) is 10.1 Å². The summed E-state index contributed by atoms with van der Waals surface area (Å²) >= 11 is 0. The Bertz CT molecular complexity index is 706. The third kappa shape index (κ3) is 5.05. The summed E-state index contributed by atoms with van der Waals surface area (Å²) in [6.07, 6.45) is 2.18. The predicted molar refractivity (Wildman–Crippen MR) is 94.7 cm³/mol. The van der Waals surface area contributed by atoms with Crippen LogP contribution in [0.15, 0.2) is 28.8 Å². The van der Waals surface area contributed by atoms with Gasteiger partial charge in [-0.2, -0.15) is 4.98 Å². The van der Waals surface area contributed by atoms with E-state index in [9.17, 15) is 4.79 Å². The van der Waals surface area contributed by atoms with Crippen molar-refractivity contribution in [3.8, 4) is 5.75 Å². The van der Waals surface area contributed by atoms with Crippen LogP contribution in [0.2, 0.25) is 0 Å². The number of nitrogens with zero attached hydrogens (tertiary/aromatic N) is 3. The van der Waals surface area contributed by atoms with E-state index in [1.165, 1.54) is 0 Å². The molecule has 0 saturated carbocycles. The maximum absolute atomic E-state index is 12.5. The van der Waals surface area contributed by atoms with Crippen molar-refractivity contribution in [2.75, 3.05) is 19.7 Å². The summed E-state index contributed by atoms with van der Waals surface area (Å²) < 4.78 is 16.3. The van der Waals surface area contributed by atoms with Gasteiger partial charge in [0, 0.05) is 13.1 Å². The number of hydrogen-bond donors (Lipinski definition) is 0. The summed E-state index contributed by atoms with van der Waals surface area (Å²) in [6, 6.07) is 7.72. The lowest BCUT2D eigenvalue weighted by molar-refractivity contribution is -0.133. The molecule has 0 atom stereocenters. The highest BCUT2D eigenvalue weighted by Crippen LogP contribution is 2.18. The van der Waals surface area contributed by atoms with Gasteiger partial charge in [-0.05, 0) is 44.4 Å². The topological polar surface area (TPSA) is 77.7 Å². The Morgan fingerprint density at radius 2 is 2.00 bits per heavy atom. The van der Waals surface area contributed by atoms with Crippen molar-refractivity contribution < 1.29 is 18.8 Å². The Labute approximate surface area is 153 Å². The van der Waals surface area contributed by atoms with Crippen molar-refractivity contribution in [2.24, 2.45) is 0 Å². The van der Waals surface area contributed by atoms with Gasteiger partial charge in [-0.25, -0.2) is 0 Å². The van der Waals surface area contributed by atoms with Gasteiger partial charge in [0.15, 0.2) is 5.82 Å². The minimum atomic E-state index is 0.122. The molecule has 0 aliphatic carbocycles. The molecule has 1 aliphatic rings. The second kappa shape index (κ2) is 8.80. The first kappa shape index (κ1) is 18.4. The van der Waals surface area contributed by atoms with Crippen molar-refractivity contribution in [3.63, 3.8) is 0 Å². The van der Waals surface area contributed by atoms with Crippen LogP contribution in [0.5, 0.6) is 5.75 Å². The van der Waals surface area contributed by atoms with Gasteiger partial charge in [0.1, 0.15) is 12.4 Å². The summed E-state index contributed by atoms with van der Waals surface area (Å²) in [5, 5.41) is 3.74. The molecule has 0 bridgehead atoms. The number of ether oxygens (including phenoxy) is 2. The Morgan fingerprint density at radius 3 is 2.62 bits per heavy atom. The van der Waals surface area contributed by atoms with E-state index in [4.69, 9.17) is 14.0 Å². The number of amides is 1. The molecule has 7 nitrogen and oxygen atoms in total.